The molecule has 25 heavy (non-hydrogen) atoms. The molecule has 2 amide bonds. The van der Waals surface area contributed by atoms with Crippen molar-refractivity contribution in [3.05, 3.63) is 28.9 Å². The van der Waals surface area contributed by atoms with Gasteiger partial charge in [-0.1, -0.05) is 0 Å². The molecular formula is C17H25N5O3. The summed E-state index contributed by atoms with van der Waals surface area (Å²) in [6.45, 7) is 2.71. The quantitative estimate of drug-likeness (QED) is 0.714. The van der Waals surface area contributed by atoms with Crippen LogP contribution < -0.4 is 5.69 Å². The number of rotatable bonds is 2. The SMILES string of the molecule is CN1CC[C@]2(CCC1=O)CN(C(=O)Cn1cccnc1=O)CCN2C. The predicted molar refractivity (Wildman–Crippen MR) is 91.9 cm³/mol. The summed E-state index contributed by atoms with van der Waals surface area (Å²) < 4.78 is 1.33. The van der Waals surface area contributed by atoms with Crippen LogP contribution in [-0.2, 0) is 16.1 Å². The Balaban J connectivity index is 1.73. The lowest BCUT2D eigenvalue weighted by molar-refractivity contribution is -0.137. The molecule has 0 bridgehead atoms. The third-order valence-corrected chi connectivity index (χ3v) is 5.58. The number of likely N-dealkylation sites (tertiary alicyclic amines) is 1. The maximum Gasteiger partial charge on any atom is 0.347 e. The van der Waals surface area contributed by atoms with Gasteiger partial charge in [0.2, 0.25) is 11.8 Å². The molecule has 0 unspecified atom stereocenters. The van der Waals surface area contributed by atoms with Crippen LogP contribution in [-0.4, -0.2) is 81.9 Å². The highest BCUT2D eigenvalue weighted by Gasteiger charge is 2.42. The van der Waals surface area contributed by atoms with Crippen molar-refractivity contribution in [2.75, 3.05) is 40.3 Å². The molecule has 1 atom stereocenters. The first-order chi connectivity index (χ1) is 11.9. The minimum atomic E-state index is -0.415. The highest BCUT2D eigenvalue weighted by molar-refractivity contribution is 5.77. The van der Waals surface area contributed by atoms with Gasteiger partial charge in [0.15, 0.2) is 0 Å². The van der Waals surface area contributed by atoms with Crippen molar-refractivity contribution < 1.29 is 9.59 Å². The first-order valence-corrected chi connectivity index (χ1v) is 8.66. The molecule has 2 aliphatic heterocycles. The largest absolute Gasteiger partial charge is 0.347 e. The average Bonchev–Trinajstić information content (AvgIpc) is 2.74. The van der Waals surface area contributed by atoms with Gasteiger partial charge in [-0.05, 0) is 26.0 Å². The van der Waals surface area contributed by atoms with Gasteiger partial charge in [0.1, 0.15) is 6.54 Å². The molecule has 1 aromatic heterocycles. The Morgan fingerprint density at radius 1 is 1.20 bits per heavy atom. The van der Waals surface area contributed by atoms with Crippen LogP contribution in [0.15, 0.2) is 23.3 Å². The van der Waals surface area contributed by atoms with Crippen molar-refractivity contribution in [2.45, 2.75) is 31.3 Å². The monoisotopic (exact) mass is 347 g/mol. The number of piperazine rings is 1. The van der Waals surface area contributed by atoms with Crippen molar-refractivity contribution in [1.29, 1.82) is 0 Å². The lowest BCUT2D eigenvalue weighted by atomic mass is 9.86. The molecule has 3 rings (SSSR count). The van der Waals surface area contributed by atoms with Gasteiger partial charge in [0.05, 0.1) is 0 Å². The molecule has 2 fully saturated rings. The summed E-state index contributed by atoms with van der Waals surface area (Å²) in [5.41, 5.74) is -0.588. The van der Waals surface area contributed by atoms with E-state index < -0.39 is 5.69 Å². The van der Waals surface area contributed by atoms with Crippen LogP contribution in [0.2, 0.25) is 0 Å². The normalized spacial score (nSPS) is 25.3. The number of likely N-dealkylation sites (N-methyl/N-ethyl adjacent to an activating group) is 1. The maximum absolute atomic E-state index is 12.7. The summed E-state index contributed by atoms with van der Waals surface area (Å²) in [7, 11) is 3.91. The summed E-state index contributed by atoms with van der Waals surface area (Å²) >= 11 is 0. The third-order valence-electron chi connectivity index (χ3n) is 5.58. The van der Waals surface area contributed by atoms with Crippen LogP contribution in [0.4, 0.5) is 0 Å². The van der Waals surface area contributed by atoms with Gasteiger partial charge in [-0.3, -0.25) is 19.1 Å². The fraction of sp³-hybridized carbons (Fsp3) is 0.647. The molecule has 3 heterocycles. The topological polar surface area (TPSA) is 78.8 Å². The smallest absolute Gasteiger partial charge is 0.346 e. The highest BCUT2D eigenvalue weighted by atomic mass is 16.2. The zero-order valence-corrected chi connectivity index (χ0v) is 14.8. The molecule has 2 saturated heterocycles. The Kier molecular flexibility index (Phi) is 4.89. The zero-order chi connectivity index (χ0) is 18.0. The second-order valence-electron chi connectivity index (χ2n) is 7.06. The van der Waals surface area contributed by atoms with Crippen LogP contribution in [0.1, 0.15) is 19.3 Å². The second kappa shape index (κ2) is 6.95. The van der Waals surface area contributed by atoms with Crippen LogP contribution in [0, 0.1) is 0 Å². The summed E-state index contributed by atoms with van der Waals surface area (Å²) in [5.74, 6) is 0.0853. The number of aromatic nitrogens is 2. The highest BCUT2D eigenvalue weighted by Crippen LogP contribution is 2.31. The van der Waals surface area contributed by atoms with Crippen LogP contribution in [0.25, 0.3) is 0 Å². The van der Waals surface area contributed by atoms with Gasteiger partial charge in [0.25, 0.3) is 0 Å². The number of carbonyl (C=O) groups is 2. The Labute approximate surface area is 147 Å². The van der Waals surface area contributed by atoms with E-state index in [1.807, 2.05) is 11.9 Å². The molecular weight excluding hydrogens is 322 g/mol. The fourth-order valence-corrected chi connectivity index (χ4v) is 3.72. The van der Waals surface area contributed by atoms with Gasteiger partial charge in [-0.25, -0.2) is 9.78 Å². The van der Waals surface area contributed by atoms with E-state index >= 15 is 0 Å². The molecule has 0 aliphatic carbocycles. The van der Waals surface area contributed by atoms with E-state index in [4.69, 9.17) is 0 Å². The Hall–Kier alpha value is -2.22. The minimum absolute atomic E-state index is 0.00526. The molecule has 0 N–H and O–H groups in total. The van der Waals surface area contributed by atoms with E-state index in [0.29, 0.717) is 26.1 Å². The third kappa shape index (κ3) is 3.58. The fourth-order valence-electron chi connectivity index (χ4n) is 3.72. The summed E-state index contributed by atoms with van der Waals surface area (Å²) in [6, 6.07) is 1.65. The molecule has 8 heteroatoms. The predicted octanol–water partition coefficient (Wildman–Crippen LogP) is -0.602. The van der Waals surface area contributed by atoms with Crippen molar-refractivity contribution in [2.24, 2.45) is 0 Å². The molecule has 1 spiro atoms. The van der Waals surface area contributed by atoms with E-state index in [1.54, 1.807) is 17.2 Å². The van der Waals surface area contributed by atoms with Crippen molar-refractivity contribution in [3.63, 3.8) is 0 Å². The van der Waals surface area contributed by atoms with Crippen molar-refractivity contribution in [1.82, 2.24) is 24.3 Å². The molecule has 0 saturated carbocycles. The van der Waals surface area contributed by atoms with Gasteiger partial charge >= 0.3 is 5.69 Å². The summed E-state index contributed by atoms with van der Waals surface area (Å²) in [4.78, 5) is 46.0. The summed E-state index contributed by atoms with van der Waals surface area (Å²) in [6.07, 6.45) is 5.11. The number of amides is 2. The Bertz CT molecular complexity index is 718. The van der Waals surface area contributed by atoms with E-state index in [-0.39, 0.29) is 23.9 Å². The molecule has 136 valence electrons. The number of hydrogen-bond donors (Lipinski definition) is 0. The van der Waals surface area contributed by atoms with Crippen LogP contribution >= 0.6 is 0 Å². The Morgan fingerprint density at radius 2 is 2.00 bits per heavy atom. The molecule has 8 nitrogen and oxygen atoms in total. The van der Waals surface area contributed by atoms with Crippen LogP contribution in [0.5, 0.6) is 0 Å². The van der Waals surface area contributed by atoms with Crippen molar-refractivity contribution in [3.8, 4) is 0 Å². The second-order valence-corrected chi connectivity index (χ2v) is 7.06. The maximum atomic E-state index is 12.7. The minimum Gasteiger partial charge on any atom is -0.346 e. The number of nitrogens with zero attached hydrogens (tertiary/aromatic N) is 5. The first kappa shape index (κ1) is 17.6. The zero-order valence-electron chi connectivity index (χ0n) is 14.8. The Morgan fingerprint density at radius 3 is 2.76 bits per heavy atom. The first-order valence-electron chi connectivity index (χ1n) is 8.66. The van der Waals surface area contributed by atoms with E-state index in [0.717, 1.165) is 19.4 Å². The summed E-state index contributed by atoms with van der Waals surface area (Å²) in [5, 5.41) is 0. The van der Waals surface area contributed by atoms with Gasteiger partial charge < -0.3 is 9.80 Å². The molecule has 0 aromatic carbocycles. The number of carbonyl (C=O) groups excluding carboxylic acids is 2. The lowest BCUT2D eigenvalue weighted by Gasteiger charge is -2.49. The van der Waals surface area contributed by atoms with E-state index in [9.17, 15) is 14.4 Å². The van der Waals surface area contributed by atoms with Gasteiger partial charge in [-0.2, -0.15) is 0 Å². The molecule has 1 aromatic rings. The lowest BCUT2D eigenvalue weighted by Crippen LogP contribution is -2.62. The number of hydrogen-bond acceptors (Lipinski definition) is 5. The van der Waals surface area contributed by atoms with Crippen molar-refractivity contribution >= 4 is 11.8 Å². The molecule has 2 aliphatic rings. The van der Waals surface area contributed by atoms with Gasteiger partial charge in [-0.15, -0.1) is 0 Å². The van der Waals surface area contributed by atoms with E-state index in [1.165, 1.54) is 10.8 Å². The standard InChI is InChI=1S/C17H25N5O3/c1-19-9-6-17(5-4-14(19)23)13-22(11-10-20(17)2)15(24)12-21-8-3-7-18-16(21)25/h3,7-8H,4-6,9-13H2,1-2H3/t17-/m1/s1. The van der Waals surface area contributed by atoms with Crippen LogP contribution in [0.3, 0.4) is 0 Å². The molecule has 0 radical (unpaired) electrons. The van der Waals surface area contributed by atoms with E-state index in [2.05, 4.69) is 16.9 Å². The van der Waals surface area contributed by atoms with Gasteiger partial charge in [0, 0.05) is 57.6 Å². The average molecular weight is 347 g/mol.